The molecule has 2 heterocycles. The maximum absolute atomic E-state index is 13.0. The van der Waals surface area contributed by atoms with Gasteiger partial charge < -0.3 is 64.2 Å². The molecule has 11 unspecified atom stereocenters. The number of hydrogen-bond donors (Lipinski definition) is 7. The molecule has 0 bridgehead atoms. The lowest BCUT2D eigenvalue weighted by Crippen LogP contribution is -2.61. The van der Waals surface area contributed by atoms with E-state index in [9.17, 15) is 45.3 Å². The van der Waals surface area contributed by atoms with E-state index >= 15 is 0 Å². The summed E-state index contributed by atoms with van der Waals surface area (Å²) in [5.41, 5.74) is 0. The zero-order chi connectivity index (χ0) is 47.5. The summed E-state index contributed by atoms with van der Waals surface area (Å²) in [4.78, 5) is 25.7. The van der Waals surface area contributed by atoms with Gasteiger partial charge >= 0.3 is 11.9 Å². The molecule has 2 rings (SSSR count). The molecule has 2 fully saturated rings. The molecule has 378 valence electrons. The molecule has 11 atom stereocenters. The highest BCUT2D eigenvalue weighted by Crippen LogP contribution is 2.26. The number of unbranched alkanes of at least 4 members (excludes halogenated alkanes) is 18. The molecule has 65 heavy (non-hydrogen) atoms. The fourth-order valence-corrected chi connectivity index (χ4v) is 7.66. The average molecular weight is 929 g/mol. The zero-order valence-corrected chi connectivity index (χ0v) is 39.7. The molecule has 0 spiro atoms. The summed E-state index contributed by atoms with van der Waals surface area (Å²) in [7, 11) is 0. The van der Waals surface area contributed by atoms with Crippen LogP contribution in [0.1, 0.15) is 174 Å². The second-order valence-electron chi connectivity index (χ2n) is 17.6. The quantitative estimate of drug-likeness (QED) is 0.0198. The highest BCUT2D eigenvalue weighted by Gasteiger charge is 2.47. The van der Waals surface area contributed by atoms with Crippen molar-refractivity contribution in [3.63, 3.8) is 0 Å². The Bertz CT molecular complexity index is 1280. The van der Waals surface area contributed by atoms with Gasteiger partial charge in [0.2, 0.25) is 0 Å². The van der Waals surface area contributed by atoms with Crippen molar-refractivity contribution in [2.45, 2.75) is 242 Å². The monoisotopic (exact) mass is 929 g/mol. The first-order chi connectivity index (χ1) is 31.5. The Morgan fingerprint density at radius 3 is 1.51 bits per heavy atom. The molecule has 0 aliphatic carbocycles. The summed E-state index contributed by atoms with van der Waals surface area (Å²) in [5, 5.41) is 72.0. The van der Waals surface area contributed by atoms with Crippen molar-refractivity contribution in [3.05, 3.63) is 36.5 Å². The van der Waals surface area contributed by atoms with Crippen molar-refractivity contribution in [1.29, 1.82) is 0 Å². The second-order valence-corrected chi connectivity index (χ2v) is 17.6. The standard InChI is InChI=1S/C50H88O15/c1-3-5-7-9-11-13-15-17-18-19-21-22-24-26-28-30-32-41(52)60-35-38(63-42(53)33-31-29-27-25-23-20-16-14-12-10-8-6-4-2)36-61-49-48(59)46(57)44(55)40(65-49)37-62-50-47(58)45(56)43(54)39(34-51)64-50/h8,10,14,16,18-19,38-40,43-51,54-59H,3-7,9,11-13,15,17,20-37H2,1-2H3/b10-8-,16-14-,19-18-. The van der Waals surface area contributed by atoms with E-state index in [0.717, 1.165) is 89.9 Å². The topological polar surface area (TPSA) is 231 Å². The number of ether oxygens (including phenoxy) is 6. The van der Waals surface area contributed by atoms with Gasteiger partial charge in [-0.1, -0.05) is 134 Å². The molecule has 0 amide bonds. The Kier molecular flexibility index (Phi) is 34.1. The van der Waals surface area contributed by atoms with Crippen LogP contribution in [0.4, 0.5) is 0 Å². The van der Waals surface area contributed by atoms with Crippen LogP contribution in [0.2, 0.25) is 0 Å². The molecule has 0 radical (unpaired) electrons. The molecule has 2 aliphatic heterocycles. The van der Waals surface area contributed by atoms with E-state index in [-0.39, 0.29) is 26.1 Å². The van der Waals surface area contributed by atoms with Crippen LogP contribution < -0.4 is 0 Å². The lowest BCUT2D eigenvalue weighted by Gasteiger charge is -2.42. The first-order valence-corrected chi connectivity index (χ1v) is 25.1. The average Bonchev–Trinajstić information content (AvgIpc) is 3.30. The number of esters is 2. The van der Waals surface area contributed by atoms with Crippen molar-refractivity contribution < 1.29 is 73.8 Å². The van der Waals surface area contributed by atoms with Crippen LogP contribution in [0.3, 0.4) is 0 Å². The second kappa shape index (κ2) is 37.7. The molecule has 15 nitrogen and oxygen atoms in total. The molecule has 0 aromatic heterocycles. The molecule has 15 heteroatoms. The molecule has 2 saturated heterocycles. The Morgan fingerprint density at radius 1 is 0.492 bits per heavy atom. The minimum absolute atomic E-state index is 0.147. The van der Waals surface area contributed by atoms with Crippen LogP contribution in [0.15, 0.2) is 36.5 Å². The van der Waals surface area contributed by atoms with Gasteiger partial charge in [-0.25, -0.2) is 0 Å². The summed E-state index contributed by atoms with van der Waals surface area (Å²) < 4.78 is 33.5. The summed E-state index contributed by atoms with van der Waals surface area (Å²) in [6, 6.07) is 0. The predicted molar refractivity (Wildman–Crippen MR) is 247 cm³/mol. The van der Waals surface area contributed by atoms with E-state index in [0.29, 0.717) is 12.8 Å². The van der Waals surface area contributed by atoms with Crippen molar-refractivity contribution in [3.8, 4) is 0 Å². The molecule has 0 aromatic carbocycles. The highest BCUT2D eigenvalue weighted by molar-refractivity contribution is 5.70. The van der Waals surface area contributed by atoms with Gasteiger partial charge in [0.15, 0.2) is 18.7 Å². The maximum Gasteiger partial charge on any atom is 0.306 e. The largest absolute Gasteiger partial charge is 0.462 e. The summed E-state index contributed by atoms with van der Waals surface area (Å²) >= 11 is 0. The van der Waals surface area contributed by atoms with Crippen molar-refractivity contribution in [2.75, 3.05) is 26.4 Å². The number of carbonyl (C=O) groups is 2. The van der Waals surface area contributed by atoms with Gasteiger partial charge in [-0.15, -0.1) is 0 Å². The Balaban J connectivity index is 1.83. The van der Waals surface area contributed by atoms with E-state index in [1.54, 1.807) is 0 Å². The number of allylic oxidation sites excluding steroid dienone is 6. The van der Waals surface area contributed by atoms with Gasteiger partial charge in [0, 0.05) is 12.8 Å². The fourth-order valence-electron chi connectivity index (χ4n) is 7.66. The van der Waals surface area contributed by atoms with Crippen LogP contribution >= 0.6 is 0 Å². The molecule has 0 saturated carbocycles. The smallest absolute Gasteiger partial charge is 0.306 e. The molecule has 7 N–H and O–H groups in total. The Morgan fingerprint density at radius 2 is 0.954 bits per heavy atom. The van der Waals surface area contributed by atoms with E-state index in [1.165, 1.54) is 44.9 Å². The minimum Gasteiger partial charge on any atom is -0.462 e. The van der Waals surface area contributed by atoms with E-state index < -0.39 is 92.7 Å². The number of carbonyl (C=O) groups excluding carboxylic acids is 2. The third-order valence-corrected chi connectivity index (χ3v) is 11.8. The van der Waals surface area contributed by atoms with Gasteiger partial charge in [-0.3, -0.25) is 9.59 Å². The minimum atomic E-state index is -1.77. The summed E-state index contributed by atoms with van der Waals surface area (Å²) in [5.74, 6) is -0.951. The van der Waals surface area contributed by atoms with Gasteiger partial charge in [0.1, 0.15) is 55.4 Å². The summed E-state index contributed by atoms with van der Waals surface area (Å²) in [6.07, 6.45) is 21.8. The number of hydrogen-bond acceptors (Lipinski definition) is 15. The number of rotatable bonds is 38. The van der Waals surface area contributed by atoms with Crippen molar-refractivity contribution >= 4 is 11.9 Å². The van der Waals surface area contributed by atoms with Crippen LogP contribution in [0.25, 0.3) is 0 Å². The number of aliphatic hydroxyl groups is 7. The number of aliphatic hydroxyl groups excluding tert-OH is 7. The molecule has 0 aromatic rings. The van der Waals surface area contributed by atoms with Crippen molar-refractivity contribution in [1.82, 2.24) is 0 Å². The first kappa shape index (κ1) is 58.8. The van der Waals surface area contributed by atoms with E-state index in [4.69, 9.17) is 28.4 Å². The Hall–Kier alpha value is -2.28. The van der Waals surface area contributed by atoms with Crippen LogP contribution in [0.5, 0.6) is 0 Å². The third kappa shape index (κ3) is 26.2. The molecular formula is C50H88O15. The molecule has 2 aliphatic rings. The zero-order valence-electron chi connectivity index (χ0n) is 39.7. The van der Waals surface area contributed by atoms with Crippen LogP contribution in [0, 0.1) is 0 Å². The van der Waals surface area contributed by atoms with Crippen LogP contribution in [-0.4, -0.2) is 142 Å². The third-order valence-electron chi connectivity index (χ3n) is 11.8. The van der Waals surface area contributed by atoms with Gasteiger partial charge in [-0.2, -0.15) is 0 Å². The predicted octanol–water partition coefficient (Wildman–Crippen LogP) is 6.54. The van der Waals surface area contributed by atoms with Gasteiger partial charge in [0.25, 0.3) is 0 Å². The molecular weight excluding hydrogens is 841 g/mol. The van der Waals surface area contributed by atoms with Gasteiger partial charge in [0.05, 0.1) is 19.8 Å². The van der Waals surface area contributed by atoms with Crippen molar-refractivity contribution in [2.24, 2.45) is 0 Å². The van der Waals surface area contributed by atoms with E-state index in [2.05, 4.69) is 50.3 Å². The summed E-state index contributed by atoms with van der Waals surface area (Å²) in [6.45, 7) is 2.49. The lowest BCUT2D eigenvalue weighted by atomic mass is 9.98. The van der Waals surface area contributed by atoms with Crippen LogP contribution in [-0.2, 0) is 38.0 Å². The Labute approximate surface area is 389 Å². The lowest BCUT2D eigenvalue weighted by molar-refractivity contribution is -0.332. The fraction of sp³-hybridized carbons (Fsp3) is 0.840. The van der Waals surface area contributed by atoms with E-state index in [1.807, 2.05) is 0 Å². The maximum atomic E-state index is 13.0. The first-order valence-electron chi connectivity index (χ1n) is 25.1. The SMILES string of the molecule is CCC/C=C\C/C=C\CCCCCCCC(=O)OC(COC(=O)CCCCCCC/C=C\CCCCCCCCC)COC1OC(COC2OC(CO)C(O)C(O)C2O)C(O)C(O)C1O. The van der Waals surface area contributed by atoms with Gasteiger partial charge in [-0.05, 0) is 64.2 Å². The normalized spacial score (nSPS) is 26.7. The highest BCUT2D eigenvalue weighted by atomic mass is 16.7.